The molecule has 3 rings (SSSR count). The zero-order valence-corrected chi connectivity index (χ0v) is 18.3. The maximum absolute atomic E-state index is 13.0. The molecule has 0 saturated heterocycles. The van der Waals surface area contributed by atoms with E-state index in [4.69, 9.17) is 9.47 Å². The lowest BCUT2D eigenvalue weighted by molar-refractivity contribution is -0.151. The third kappa shape index (κ3) is 3.56. The molecule has 2 aromatic carbocycles. The SMILES string of the molecule is COC(=O)C1=C(N(C(C)C)C(C)C)c2cc3ccccc3cc2[C@H](O)[C@@H]1C(=O)OC. The van der Waals surface area contributed by atoms with E-state index < -0.39 is 24.0 Å². The number of methoxy groups -OCH3 is 2. The fourth-order valence-corrected chi connectivity index (χ4v) is 4.44. The van der Waals surface area contributed by atoms with E-state index in [-0.39, 0.29) is 17.7 Å². The van der Waals surface area contributed by atoms with Gasteiger partial charge >= 0.3 is 11.9 Å². The Kier molecular flexibility index (Phi) is 6.17. The second-order valence-electron chi connectivity index (χ2n) is 8.08. The van der Waals surface area contributed by atoms with Crippen molar-refractivity contribution >= 4 is 28.4 Å². The van der Waals surface area contributed by atoms with E-state index in [2.05, 4.69) is 4.90 Å². The van der Waals surface area contributed by atoms with Crippen molar-refractivity contribution in [2.75, 3.05) is 14.2 Å². The standard InChI is InChI=1S/C24H29NO5/c1-13(2)25(14(3)4)21-17-11-15-9-7-8-10-16(15)12-18(17)22(26)20(24(28)30-6)19(21)23(27)29-5/h7-14,20,22,26H,1-6H3/t20-,22+/m1/s1. The molecule has 30 heavy (non-hydrogen) atoms. The number of esters is 2. The van der Waals surface area contributed by atoms with Gasteiger partial charge in [-0.05, 0) is 56.2 Å². The number of carbonyl (C=O) groups is 2. The zero-order chi connectivity index (χ0) is 22.2. The minimum Gasteiger partial charge on any atom is -0.468 e. The van der Waals surface area contributed by atoms with Gasteiger partial charge in [0.15, 0.2) is 0 Å². The number of aliphatic hydroxyl groups is 1. The van der Waals surface area contributed by atoms with E-state index in [1.54, 1.807) is 0 Å². The number of benzene rings is 2. The molecule has 0 fully saturated rings. The number of hydrogen-bond acceptors (Lipinski definition) is 6. The molecule has 1 aliphatic carbocycles. The summed E-state index contributed by atoms with van der Waals surface area (Å²) >= 11 is 0. The monoisotopic (exact) mass is 411 g/mol. The van der Waals surface area contributed by atoms with Gasteiger partial charge < -0.3 is 19.5 Å². The summed E-state index contributed by atoms with van der Waals surface area (Å²) in [5, 5.41) is 13.1. The quantitative estimate of drug-likeness (QED) is 0.757. The van der Waals surface area contributed by atoms with E-state index in [0.717, 1.165) is 16.3 Å². The van der Waals surface area contributed by atoms with E-state index in [9.17, 15) is 14.7 Å². The van der Waals surface area contributed by atoms with Crippen molar-refractivity contribution in [3.8, 4) is 0 Å². The van der Waals surface area contributed by atoms with Crippen LogP contribution < -0.4 is 0 Å². The van der Waals surface area contributed by atoms with Crippen molar-refractivity contribution in [3.63, 3.8) is 0 Å². The van der Waals surface area contributed by atoms with Crippen molar-refractivity contribution in [3.05, 3.63) is 53.1 Å². The molecule has 0 heterocycles. The van der Waals surface area contributed by atoms with Gasteiger partial charge in [-0.2, -0.15) is 0 Å². The largest absolute Gasteiger partial charge is 0.468 e. The smallest absolute Gasteiger partial charge is 0.336 e. The predicted molar refractivity (Wildman–Crippen MR) is 115 cm³/mol. The van der Waals surface area contributed by atoms with Crippen LogP contribution in [0.4, 0.5) is 0 Å². The molecular weight excluding hydrogens is 382 g/mol. The average Bonchev–Trinajstić information content (AvgIpc) is 2.72. The highest BCUT2D eigenvalue weighted by molar-refractivity contribution is 6.05. The Bertz CT molecular complexity index is 1000. The molecule has 2 atom stereocenters. The molecule has 2 aromatic rings. The molecule has 6 nitrogen and oxygen atoms in total. The van der Waals surface area contributed by atoms with E-state index in [0.29, 0.717) is 11.3 Å². The molecule has 1 aliphatic rings. The van der Waals surface area contributed by atoms with Crippen LogP contribution in [0.5, 0.6) is 0 Å². The normalized spacial score (nSPS) is 18.6. The summed E-state index contributed by atoms with van der Waals surface area (Å²) in [5.74, 6) is -2.50. The molecule has 0 saturated carbocycles. The number of aliphatic hydroxyl groups excluding tert-OH is 1. The predicted octanol–water partition coefficient (Wildman–Crippen LogP) is 3.68. The lowest BCUT2D eigenvalue weighted by Gasteiger charge is -2.41. The average molecular weight is 411 g/mol. The van der Waals surface area contributed by atoms with Crippen molar-refractivity contribution in [2.24, 2.45) is 5.92 Å². The Hall–Kier alpha value is -2.86. The van der Waals surface area contributed by atoms with Crippen LogP contribution in [-0.2, 0) is 19.1 Å². The van der Waals surface area contributed by atoms with Crippen LogP contribution in [0, 0.1) is 5.92 Å². The van der Waals surface area contributed by atoms with Gasteiger partial charge in [-0.15, -0.1) is 0 Å². The van der Waals surface area contributed by atoms with Crippen LogP contribution in [0.3, 0.4) is 0 Å². The van der Waals surface area contributed by atoms with Crippen LogP contribution in [0.2, 0.25) is 0 Å². The van der Waals surface area contributed by atoms with E-state index in [1.165, 1.54) is 14.2 Å². The first-order chi connectivity index (χ1) is 14.2. The molecule has 1 N–H and O–H groups in total. The summed E-state index contributed by atoms with van der Waals surface area (Å²) in [6.45, 7) is 8.11. The van der Waals surface area contributed by atoms with Crippen LogP contribution >= 0.6 is 0 Å². The number of rotatable bonds is 5. The van der Waals surface area contributed by atoms with Crippen LogP contribution in [-0.4, -0.2) is 48.2 Å². The molecule has 0 bridgehead atoms. The number of hydrogen-bond donors (Lipinski definition) is 1. The summed E-state index contributed by atoms with van der Waals surface area (Å²) in [4.78, 5) is 27.8. The van der Waals surface area contributed by atoms with Crippen molar-refractivity contribution in [2.45, 2.75) is 45.9 Å². The third-order valence-corrected chi connectivity index (χ3v) is 5.60. The zero-order valence-electron chi connectivity index (χ0n) is 18.3. The maximum atomic E-state index is 13.0. The summed E-state index contributed by atoms with van der Waals surface area (Å²) in [5.41, 5.74) is 2.05. The Balaban J connectivity index is 2.46. The summed E-state index contributed by atoms with van der Waals surface area (Å²) < 4.78 is 10.0. The molecule has 0 aliphatic heterocycles. The molecule has 0 spiro atoms. The second kappa shape index (κ2) is 8.48. The van der Waals surface area contributed by atoms with Crippen molar-refractivity contribution in [1.82, 2.24) is 4.90 Å². The highest BCUT2D eigenvalue weighted by Crippen LogP contribution is 2.46. The van der Waals surface area contributed by atoms with Crippen molar-refractivity contribution in [1.29, 1.82) is 0 Å². The highest BCUT2D eigenvalue weighted by Gasteiger charge is 2.45. The summed E-state index contributed by atoms with van der Waals surface area (Å²) in [6.07, 6.45) is -1.23. The Morgan fingerprint density at radius 1 is 0.967 bits per heavy atom. The van der Waals surface area contributed by atoms with Gasteiger partial charge in [0, 0.05) is 17.6 Å². The Morgan fingerprint density at radius 2 is 1.53 bits per heavy atom. The lowest BCUT2D eigenvalue weighted by Crippen LogP contribution is -2.42. The van der Waals surface area contributed by atoms with Gasteiger partial charge in [-0.25, -0.2) is 4.79 Å². The fraction of sp³-hybridized carbons (Fsp3) is 0.417. The molecule has 0 amide bonds. The number of carbonyl (C=O) groups excluding carboxylic acids is 2. The first-order valence-electron chi connectivity index (χ1n) is 10.1. The van der Waals surface area contributed by atoms with Gasteiger partial charge in [0.1, 0.15) is 5.92 Å². The van der Waals surface area contributed by atoms with Crippen molar-refractivity contribution < 1.29 is 24.2 Å². The fourth-order valence-electron chi connectivity index (χ4n) is 4.44. The van der Waals surface area contributed by atoms with Crippen LogP contribution in [0.15, 0.2) is 42.0 Å². The maximum Gasteiger partial charge on any atom is 0.336 e. The Labute approximate surface area is 177 Å². The number of nitrogens with zero attached hydrogens (tertiary/aromatic N) is 1. The topological polar surface area (TPSA) is 76.1 Å². The minimum absolute atomic E-state index is 0.0347. The highest BCUT2D eigenvalue weighted by atomic mass is 16.5. The van der Waals surface area contributed by atoms with E-state index >= 15 is 0 Å². The first-order valence-corrected chi connectivity index (χ1v) is 10.1. The number of ether oxygens (including phenoxy) is 2. The van der Waals surface area contributed by atoms with Gasteiger partial charge in [0.05, 0.1) is 31.6 Å². The van der Waals surface area contributed by atoms with E-state index in [1.807, 2.05) is 64.1 Å². The van der Waals surface area contributed by atoms with Gasteiger partial charge in [-0.3, -0.25) is 4.79 Å². The third-order valence-electron chi connectivity index (χ3n) is 5.60. The minimum atomic E-state index is -1.23. The van der Waals surface area contributed by atoms with Crippen LogP contribution in [0.25, 0.3) is 16.5 Å². The molecule has 0 unspecified atom stereocenters. The molecular formula is C24H29NO5. The van der Waals surface area contributed by atoms with Gasteiger partial charge in [0.2, 0.25) is 0 Å². The van der Waals surface area contributed by atoms with Gasteiger partial charge in [0.25, 0.3) is 0 Å². The Morgan fingerprint density at radius 3 is 2.03 bits per heavy atom. The number of fused-ring (bicyclic) bond motifs is 2. The summed E-state index contributed by atoms with van der Waals surface area (Å²) in [6, 6.07) is 11.7. The van der Waals surface area contributed by atoms with Crippen LogP contribution in [0.1, 0.15) is 44.9 Å². The molecule has 160 valence electrons. The summed E-state index contributed by atoms with van der Waals surface area (Å²) in [7, 11) is 2.53. The molecule has 0 aromatic heterocycles. The molecule has 6 heteroatoms. The first kappa shape index (κ1) is 21.8. The second-order valence-corrected chi connectivity index (χ2v) is 8.08. The molecule has 0 radical (unpaired) electrons. The van der Waals surface area contributed by atoms with Gasteiger partial charge in [-0.1, -0.05) is 24.3 Å². The lowest BCUT2D eigenvalue weighted by atomic mass is 9.77.